The van der Waals surface area contributed by atoms with Crippen molar-refractivity contribution < 1.29 is 0 Å². The summed E-state index contributed by atoms with van der Waals surface area (Å²) in [6, 6.07) is 8.55. The van der Waals surface area contributed by atoms with E-state index in [0.717, 1.165) is 21.9 Å². The lowest BCUT2D eigenvalue weighted by Gasteiger charge is -2.22. The van der Waals surface area contributed by atoms with Crippen LogP contribution in [0, 0.1) is 0 Å². The van der Waals surface area contributed by atoms with Crippen molar-refractivity contribution in [2.45, 2.75) is 13.0 Å². The van der Waals surface area contributed by atoms with Gasteiger partial charge in [-0.1, -0.05) is 22.0 Å². The Hall–Kier alpha value is -0.360. The summed E-state index contributed by atoms with van der Waals surface area (Å²) < 4.78 is 2.25. The standard InChI is InChI=1S/C14H16Br2N2S/c1-18(8-13-6-12(16)9-19-13)14-7-11(15)3-2-10(14)4-5-17/h2-3,6-7,9H,4-5,8,17H2,1H3. The van der Waals surface area contributed by atoms with Crippen molar-refractivity contribution in [2.75, 3.05) is 18.5 Å². The van der Waals surface area contributed by atoms with E-state index < -0.39 is 0 Å². The van der Waals surface area contributed by atoms with Crippen LogP contribution >= 0.6 is 43.2 Å². The van der Waals surface area contributed by atoms with Crippen molar-refractivity contribution in [3.63, 3.8) is 0 Å². The maximum atomic E-state index is 5.69. The summed E-state index contributed by atoms with van der Waals surface area (Å²) in [4.78, 5) is 3.61. The smallest absolute Gasteiger partial charge is 0.0520 e. The first-order valence-corrected chi connectivity index (χ1v) is 8.49. The Morgan fingerprint density at radius 1 is 1.21 bits per heavy atom. The highest BCUT2D eigenvalue weighted by molar-refractivity contribution is 9.10. The number of hydrogen-bond acceptors (Lipinski definition) is 3. The molecule has 0 aliphatic rings. The van der Waals surface area contributed by atoms with Crippen LogP contribution in [0.2, 0.25) is 0 Å². The number of hydrogen-bond donors (Lipinski definition) is 1. The minimum atomic E-state index is 0.674. The second-order valence-corrected chi connectivity index (χ2v) is 7.23. The molecule has 2 rings (SSSR count). The van der Waals surface area contributed by atoms with Crippen molar-refractivity contribution in [1.82, 2.24) is 0 Å². The molecule has 0 spiro atoms. The number of rotatable bonds is 5. The third kappa shape index (κ3) is 4.05. The molecule has 0 amide bonds. The van der Waals surface area contributed by atoms with E-state index in [0.29, 0.717) is 6.54 Å². The summed E-state index contributed by atoms with van der Waals surface area (Å²) in [5.74, 6) is 0. The summed E-state index contributed by atoms with van der Waals surface area (Å²) >= 11 is 8.81. The van der Waals surface area contributed by atoms with Crippen LogP contribution in [0.1, 0.15) is 10.4 Å². The van der Waals surface area contributed by atoms with Gasteiger partial charge in [-0.05, 0) is 52.7 Å². The van der Waals surface area contributed by atoms with Crippen LogP contribution in [-0.2, 0) is 13.0 Å². The zero-order valence-electron chi connectivity index (χ0n) is 10.7. The van der Waals surface area contributed by atoms with Gasteiger partial charge >= 0.3 is 0 Å². The molecular weight excluding hydrogens is 388 g/mol. The Morgan fingerprint density at radius 2 is 2.00 bits per heavy atom. The van der Waals surface area contributed by atoms with Gasteiger partial charge in [0.1, 0.15) is 0 Å². The van der Waals surface area contributed by atoms with Gasteiger partial charge < -0.3 is 10.6 Å². The lowest BCUT2D eigenvalue weighted by atomic mass is 10.1. The summed E-state index contributed by atoms with van der Waals surface area (Å²) in [6.45, 7) is 1.58. The Bertz CT molecular complexity index is 554. The molecule has 1 aromatic carbocycles. The number of benzene rings is 1. The molecule has 2 nitrogen and oxygen atoms in total. The first-order valence-electron chi connectivity index (χ1n) is 6.02. The van der Waals surface area contributed by atoms with E-state index in [1.807, 2.05) is 0 Å². The fraction of sp³-hybridized carbons (Fsp3) is 0.286. The molecule has 1 heterocycles. The minimum absolute atomic E-state index is 0.674. The lowest BCUT2D eigenvalue weighted by molar-refractivity contribution is 0.902. The van der Waals surface area contributed by atoms with Gasteiger partial charge in [-0.25, -0.2) is 0 Å². The fourth-order valence-corrected chi connectivity index (χ4v) is 3.87. The van der Waals surface area contributed by atoms with E-state index in [4.69, 9.17) is 5.73 Å². The Kier molecular flexibility index (Phi) is 5.45. The zero-order valence-corrected chi connectivity index (χ0v) is 14.7. The van der Waals surface area contributed by atoms with Gasteiger partial charge in [0.15, 0.2) is 0 Å². The van der Waals surface area contributed by atoms with Crippen molar-refractivity contribution in [3.8, 4) is 0 Å². The number of thiophene rings is 1. The summed E-state index contributed by atoms with van der Waals surface area (Å²) in [6.07, 6.45) is 0.904. The minimum Gasteiger partial charge on any atom is -0.369 e. The number of nitrogens with zero attached hydrogens (tertiary/aromatic N) is 1. The molecular formula is C14H16Br2N2S. The van der Waals surface area contributed by atoms with Crippen molar-refractivity contribution in [1.29, 1.82) is 0 Å². The van der Waals surface area contributed by atoms with E-state index in [9.17, 15) is 0 Å². The van der Waals surface area contributed by atoms with Gasteiger partial charge in [-0.3, -0.25) is 0 Å². The highest BCUT2D eigenvalue weighted by Crippen LogP contribution is 2.28. The first kappa shape index (κ1) is 15.0. The molecule has 0 unspecified atom stereocenters. The predicted molar refractivity (Wildman–Crippen MR) is 91.0 cm³/mol. The molecule has 2 N–H and O–H groups in total. The van der Waals surface area contributed by atoms with Crippen LogP contribution in [-0.4, -0.2) is 13.6 Å². The molecule has 0 aliphatic carbocycles. The molecule has 0 bridgehead atoms. The third-order valence-electron chi connectivity index (χ3n) is 2.89. The zero-order chi connectivity index (χ0) is 13.8. The molecule has 2 aromatic rings. The quantitative estimate of drug-likeness (QED) is 0.800. The molecule has 0 fully saturated rings. The Balaban J connectivity index is 2.21. The van der Waals surface area contributed by atoms with E-state index in [1.165, 1.54) is 16.1 Å². The SMILES string of the molecule is CN(Cc1cc(Br)cs1)c1cc(Br)ccc1CCN. The van der Waals surface area contributed by atoms with Crippen LogP contribution in [0.3, 0.4) is 0 Å². The highest BCUT2D eigenvalue weighted by Gasteiger charge is 2.09. The number of halogens is 2. The first-order chi connectivity index (χ1) is 9.10. The molecule has 5 heteroatoms. The monoisotopic (exact) mass is 402 g/mol. The van der Waals surface area contributed by atoms with Gasteiger partial charge in [-0.15, -0.1) is 11.3 Å². The Labute approximate surface area is 134 Å². The average Bonchev–Trinajstić information content (AvgIpc) is 2.77. The molecule has 1 aromatic heterocycles. The van der Waals surface area contributed by atoms with E-state index >= 15 is 0 Å². The van der Waals surface area contributed by atoms with Crippen molar-refractivity contribution in [3.05, 3.63) is 49.0 Å². The molecule has 102 valence electrons. The van der Waals surface area contributed by atoms with E-state index in [2.05, 4.69) is 73.5 Å². The van der Waals surface area contributed by atoms with Crippen molar-refractivity contribution in [2.24, 2.45) is 5.73 Å². The van der Waals surface area contributed by atoms with Gasteiger partial charge in [0.25, 0.3) is 0 Å². The highest BCUT2D eigenvalue weighted by atomic mass is 79.9. The predicted octanol–water partition coefficient (Wildman–Crippen LogP) is 4.41. The second-order valence-electron chi connectivity index (χ2n) is 4.40. The van der Waals surface area contributed by atoms with E-state index in [1.54, 1.807) is 11.3 Å². The van der Waals surface area contributed by atoms with Crippen LogP contribution < -0.4 is 10.6 Å². The summed E-state index contributed by atoms with van der Waals surface area (Å²) in [5, 5.41) is 2.12. The van der Waals surface area contributed by atoms with E-state index in [-0.39, 0.29) is 0 Å². The van der Waals surface area contributed by atoms with Crippen molar-refractivity contribution >= 4 is 48.9 Å². The average molecular weight is 404 g/mol. The van der Waals surface area contributed by atoms with Crippen LogP contribution in [0.5, 0.6) is 0 Å². The van der Waals surface area contributed by atoms with Crippen LogP contribution in [0.4, 0.5) is 5.69 Å². The maximum absolute atomic E-state index is 5.69. The van der Waals surface area contributed by atoms with Gasteiger partial charge in [-0.2, -0.15) is 0 Å². The number of anilines is 1. The topological polar surface area (TPSA) is 29.3 Å². The molecule has 0 saturated heterocycles. The van der Waals surface area contributed by atoms with Crippen LogP contribution in [0.25, 0.3) is 0 Å². The normalized spacial score (nSPS) is 10.7. The Morgan fingerprint density at radius 3 is 2.63 bits per heavy atom. The largest absolute Gasteiger partial charge is 0.369 e. The maximum Gasteiger partial charge on any atom is 0.0520 e. The molecule has 0 radical (unpaired) electrons. The van der Waals surface area contributed by atoms with Gasteiger partial charge in [0, 0.05) is 31.9 Å². The molecule has 19 heavy (non-hydrogen) atoms. The number of nitrogens with two attached hydrogens (primary N) is 1. The second kappa shape index (κ2) is 6.88. The third-order valence-corrected chi connectivity index (χ3v) is 5.06. The molecule has 0 saturated carbocycles. The van der Waals surface area contributed by atoms with Crippen LogP contribution in [0.15, 0.2) is 38.6 Å². The molecule has 0 atom stereocenters. The molecule has 0 aliphatic heterocycles. The van der Waals surface area contributed by atoms with Gasteiger partial charge in [0.2, 0.25) is 0 Å². The fourth-order valence-electron chi connectivity index (χ4n) is 2.01. The summed E-state index contributed by atoms with van der Waals surface area (Å²) in [5.41, 5.74) is 8.22. The lowest BCUT2D eigenvalue weighted by Crippen LogP contribution is -2.18. The van der Waals surface area contributed by atoms with Gasteiger partial charge in [0.05, 0.1) is 6.54 Å². The summed E-state index contributed by atoms with van der Waals surface area (Å²) in [7, 11) is 2.12.